The molecule has 0 fully saturated rings. The van der Waals surface area contributed by atoms with Crippen molar-refractivity contribution in [2.24, 2.45) is 0 Å². The first-order chi connectivity index (χ1) is 12.3. The lowest BCUT2D eigenvalue weighted by molar-refractivity contribution is 0.102. The second-order valence-electron chi connectivity index (χ2n) is 5.37. The maximum atomic E-state index is 12.9. The first-order valence-electron chi connectivity index (χ1n) is 7.07. The standard InChI is InChI=1S/C15H9F6N3O2S/c16-11-6-4-9(5-7-11)14-23-24-15(26-14)22-13(25)10-2-1-3-12(8-10)27(17,18,19,20)21/h1-8H,(H,22,24,25). The van der Waals surface area contributed by atoms with Crippen LogP contribution in [0.1, 0.15) is 10.4 Å². The Morgan fingerprint density at radius 1 is 0.963 bits per heavy atom. The Morgan fingerprint density at radius 3 is 2.26 bits per heavy atom. The Morgan fingerprint density at radius 2 is 1.63 bits per heavy atom. The van der Waals surface area contributed by atoms with Crippen LogP contribution in [0.3, 0.4) is 0 Å². The fourth-order valence-corrected chi connectivity index (χ4v) is 2.71. The highest BCUT2D eigenvalue weighted by molar-refractivity contribution is 8.45. The first kappa shape index (κ1) is 18.8. The summed E-state index contributed by atoms with van der Waals surface area (Å²) in [7, 11) is -9.92. The van der Waals surface area contributed by atoms with Crippen LogP contribution >= 0.6 is 10.2 Å². The molecule has 0 aliphatic heterocycles. The molecule has 0 bridgehead atoms. The zero-order valence-electron chi connectivity index (χ0n) is 13.0. The SMILES string of the molecule is O=C(Nc1nnc(-c2ccc(F)cc2)o1)c1cccc(S(F)(F)(F)(F)F)c1. The molecule has 1 aromatic heterocycles. The van der Waals surface area contributed by atoms with Crippen LogP contribution in [0.2, 0.25) is 0 Å². The molecule has 3 rings (SSSR count). The smallest absolute Gasteiger partial charge is 0.322 e. The molecule has 144 valence electrons. The number of carbonyl (C=O) groups excluding carboxylic acids is 1. The summed E-state index contributed by atoms with van der Waals surface area (Å²) in [5, 5.41) is 9.08. The van der Waals surface area contributed by atoms with Crippen LogP contribution in [0.15, 0.2) is 57.8 Å². The van der Waals surface area contributed by atoms with Gasteiger partial charge in [0.05, 0.1) is 0 Å². The van der Waals surface area contributed by atoms with Crippen molar-refractivity contribution in [3.05, 3.63) is 59.9 Å². The normalized spacial score (nSPS) is 14.3. The van der Waals surface area contributed by atoms with Crippen molar-refractivity contribution in [3.8, 4) is 11.5 Å². The number of amides is 1. The maximum Gasteiger partial charge on any atom is 0.322 e. The average Bonchev–Trinajstić information content (AvgIpc) is 3.02. The lowest BCUT2D eigenvalue weighted by atomic mass is 10.2. The summed E-state index contributed by atoms with van der Waals surface area (Å²) < 4.78 is 82.2. The van der Waals surface area contributed by atoms with Gasteiger partial charge in [0, 0.05) is 11.1 Å². The van der Waals surface area contributed by atoms with Gasteiger partial charge in [-0.1, -0.05) is 30.6 Å². The van der Waals surface area contributed by atoms with Gasteiger partial charge in [-0.15, -0.1) is 5.10 Å². The minimum atomic E-state index is -9.92. The van der Waals surface area contributed by atoms with Crippen molar-refractivity contribution in [2.45, 2.75) is 4.90 Å². The maximum absolute atomic E-state index is 12.9. The number of nitrogens with one attached hydrogen (secondary N) is 1. The fraction of sp³-hybridized carbons (Fsp3) is 0. The quantitative estimate of drug-likeness (QED) is 0.554. The topological polar surface area (TPSA) is 68.0 Å². The predicted octanol–water partition coefficient (Wildman–Crippen LogP) is 5.79. The number of hydrogen-bond acceptors (Lipinski definition) is 4. The average molecular weight is 409 g/mol. The number of benzene rings is 2. The van der Waals surface area contributed by atoms with Gasteiger partial charge in [-0.2, -0.15) is 0 Å². The van der Waals surface area contributed by atoms with Crippen molar-refractivity contribution in [1.29, 1.82) is 0 Å². The van der Waals surface area contributed by atoms with Crippen LogP contribution in [-0.4, -0.2) is 16.1 Å². The molecule has 0 spiro atoms. The highest BCUT2D eigenvalue weighted by atomic mass is 32.5. The predicted molar refractivity (Wildman–Crippen MR) is 85.5 cm³/mol. The van der Waals surface area contributed by atoms with Crippen LogP contribution in [0.4, 0.5) is 29.8 Å². The van der Waals surface area contributed by atoms with E-state index in [1.807, 2.05) is 5.32 Å². The number of halogens is 6. The lowest BCUT2D eigenvalue weighted by Crippen LogP contribution is -2.14. The molecule has 12 heteroatoms. The molecule has 3 aromatic rings. The molecule has 0 radical (unpaired) electrons. The Labute approximate surface area is 147 Å². The van der Waals surface area contributed by atoms with Gasteiger partial charge in [0.25, 0.3) is 5.91 Å². The van der Waals surface area contributed by atoms with E-state index in [2.05, 4.69) is 10.2 Å². The molecule has 0 saturated carbocycles. The zero-order valence-corrected chi connectivity index (χ0v) is 13.8. The van der Waals surface area contributed by atoms with E-state index in [-0.39, 0.29) is 18.0 Å². The van der Waals surface area contributed by atoms with E-state index in [4.69, 9.17) is 4.42 Å². The summed E-state index contributed by atoms with van der Waals surface area (Å²) >= 11 is 0. The van der Waals surface area contributed by atoms with Gasteiger partial charge in [0.2, 0.25) is 5.89 Å². The van der Waals surface area contributed by atoms with E-state index in [0.29, 0.717) is 11.6 Å². The Kier molecular flexibility index (Phi) is 3.81. The molecular formula is C15H9F6N3O2S. The van der Waals surface area contributed by atoms with E-state index in [1.165, 1.54) is 12.1 Å². The van der Waals surface area contributed by atoms with Crippen LogP contribution < -0.4 is 5.32 Å². The molecule has 1 N–H and O–H groups in total. The number of nitrogens with zero attached hydrogens (tertiary/aromatic N) is 2. The van der Waals surface area contributed by atoms with Crippen molar-refractivity contribution in [3.63, 3.8) is 0 Å². The molecule has 27 heavy (non-hydrogen) atoms. The summed E-state index contributed by atoms with van der Waals surface area (Å²) in [6.07, 6.45) is 0. The van der Waals surface area contributed by atoms with Gasteiger partial charge in [-0.3, -0.25) is 10.1 Å². The summed E-state index contributed by atoms with van der Waals surface area (Å²) in [5.41, 5.74) is -0.352. The lowest BCUT2D eigenvalue weighted by Gasteiger charge is -2.40. The Bertz CT molecular complexity index is 1020. The van der Waals surface area contributed by atoms with Crippen LogP contribution in [0.5, 0.6) is 0 Å². The van der Waals surface area contributed by atoms with Crippen molar-refractivity contribution in [2.75, 3.05) is 5.32 Å². The molecule has 1 amide bonds. The van der Waals surface area contributed by atoms with Crippen molar-refractivity contribution in [1.82, 2.24) is 10.2 Å². The van der Waals surface area contributed by atoms with Gasteiger partial charge in [-0.25, -0.2) is 4.39 Å². The molecule has 5 nitrogen and oxygen atoms in total. The van der Waals surface area contributed by atoms with E-state index >= 15 is 0 Å². The number of carbonyl (C=O) groups is 1. The molecule has 0 aliphatic rings. The van der Waals surface area contributed by atoms with Crippen LogP contribution in [-0.2, 0) is 0 Å². The molecule has 0 unspecified atom stereocenters. The number of anilines is 1. The van der Waals surface area contributed by atoms with Gasteiger partial charge >= 0.3 is 16.2 Å². The minimum Gasteiger partial charge on any atom is -0.403 e. The van der Waals surface area contributed by atoms with Gasteiger partial charge in [0.1, 0.15) is 10.7 Å². The second-order valence-corrected chi connectivity index (χ2v) is 7.78. The summed E-state index contributed by atoms with van der Waals surface area (Å²) in [6, 6.07) is 6.24. The van der Waals surface area contributed by atoms with Crippen molar-refractivity contribution < 1.29 is 33.0 Å². The molecule has 0 aliphatic carbocycles. The molecule has 0 atom stereocenters. The van der Waals surface area contributed by atoms with Crippen LogP contribution in [0.25, 0.3) is 11.5 Å². The summed E-state index contributed by atoms with van der Waals surface area (Å²) in [6.45, 7) is 0. The Balaban J connectivity index is 1.82. The summed E-state index contributed by atoms with van der Waals surface area (Å²) in [4.78, 5) is 9.81. The monoisotopic (exact) mass is 409 g/mol. The van der Waals surface area contributed by atoms with E-state index in [0.717, 1.165) is 18.2 Å². The Hall–Kier alpha value is -3.02. The van der Waals surface area contributed by atoms with E-state index in [9.17, 15) is 28.6 Å². The zero-order chi connectivity index (χ0) is 19.9. The van der Waals surface area contributed by atoms with Crippen molar-refractivity contribution >= 4 is 22.1 Å². The highest BCUT2D eigenvalue weighted by Gasteiger charge is 2.65. The highest BCUT2D eigenvalue weighted by Crippen LogP contribution is 3.02. The third-order valence-electron chi connectivity index (χ3n) is 3.28. The fourth-order valence-electron chi connectivity index (χ4n) is 2.03. The number of rotatable bonds is 4. The van der Waals surface area contributed by atoms with Gasteiger partial charge in [-0.05, 0) is 42.5 Å². The molecule has 1 heterocycles. The molecule has 2 aromatic carbocycles. The largest absolute Gasteiger partial charge is 0.403 e. The van der Waals surface area contributed by atoms with Gasteiger partial charge in [0.15, 0.2) is 0 Å². The molecule has 0 saturated heterocycles. The minimum absolute atomic E-state index is 0.0359. The second kappa shape index (κ2) is 5.49. The van der Waals surface area contributed by atoms with Crippen LogP contribution in [0, 0.1) is 5.82 Å². The van der Waals surface area contributed by atoms with E-state index < -0.39 is 38.4 Å². The number of aromatic nitrogens is 2. The summed E-state index contributed by atoms with van der Waals surface area (Å²) in [5.74, 6) is -1.75. The van der Waals surface area contributed by atoms with Gasteiger partial charge < -0.3 is 4.42 Å². The first-order valence-corrected chi connectivity index (χ1v) is 9.02. The third kappa shape index (κ3) is 4.39. The number of hydrogen-bond donors (Lipinski definition) is 1. The van der Waals surface area contributed by atoms with E-state index in [1.54, 1.807) is 0 Å². The molecular weight excluding hydrogens is 400 g/mol. The third-order valence-corrected chi connectivity index (χ3v) is 4.42.